The molecule has 6 heteroatoms. The normalized spacial score (nSPS) is 51.3. The number of nitrogens with zero attached hydrogens (tertiary/aromatic N) is 1. The smallest absolute Gasteiger partial charge is 0.410 e. The summed E-state index contributed by atoms with van der Waals surface area (Å²) in [4.78, 5) is 14.6. The van der Waals surface area contributed by atoms with Gasteiger partial charge in [0.05, 0.1) is 17.8 Å². The molecule has 38 heavy (non-hydrogen) atoms. The molecule has 1 amide bonds. The Morgan fingerprint density at radius 1 is 1.00 bits per heavy atom. The average molecular weight is 532 g/mol. The van der Waals surface area contributed by atoms with E-state index in [1.54, 1.807) is 13.8 Å². The Balaban J connectivity index is 0.00000277. The zero-order valence-electron chi connectivity index (χ0n) is 24.4. The molecule has 7 unspecified atom stereocenters. The molecule has 5 saturated carbocycles. The number of hydrogen-bond acceptors (Lipinski definition) is 5. The highest BCUT2D eigenvalue weighted by Gasteiger charge is 2.81. The molecule has 2 spiro atoms. The number of hydrogen-bond donors (Lipinski definition) is 2. The molecule has 7 rings (SSSR count). The van der Waals surface area contributed by atoms with Crippen LogP contribution in [0.15, 0.2) is 0 Å². The van der Waals surface area contributed by atoms with Gasteiger partial charge in [0.25, 0.3) is 0 Å². The average Bonchev–Trinajstić information content (AvgIpc) is 3.38. The minimum absolute atomic E-state index is 0. The highest BCUT2D eigenvalue weighted by Crippen LogP contribution is 2.87. The van der Waals surface area contributed by atoms with E-state index in [-0.39, 0.29) is 31.2 Å². The van der Waals surface area contributed by atoms with Gasteiger partial charge in [-0.1, -0.05) is 20.8 Å². The summed E-state index contributed by atoms with van der Waals surface area (Å²) in [6, 6.07) is 0. The zero-order chi connectivity index (χ0) is 26.9. The highest BCUT2D eigenvalue weighted by molar-refractivity contribution is 5.68. The third kappa shape index (κ3) is 3.32. The Bertz CT molecular complexity index is 994. The SMILES string of the molecule is CC(C)(O)[C@@H](O)C1CCC2C(CC3C4CCC5C(C)(C)[C@@H](OC(=O)N6CCC6)CCC56C[C@@]46CC[C@]23C)O1.[HH]. The third-order valence-electron chi connectivity index (χ3n) is 14.0. The molecule has 2 heterocycles. The van der Waals surface area contributed by atoms with Gasteiger partial charge in [-0.2, -0.15) is 0 Å². The number of ether oxygens (including phenoxy) is 2. The van der Waals surface area contributed by atoms with Gasteiger partial charge in [-0.3, -0.25) is 0 Å². The Morgan fingerprint density at radius 3 is 2.42 bits per heavy atom. The first kappa shape index (κ1) is 26.1. The molecule has 216 valence electrons. The summed E-state index contributed by atoms with van der Waals surface area (Å²) in [5.74, 6) is 2.70. The second-order valence-electron chi connectivity index (χ2n) is 16.1. The number of amides is 1. The molecule has 6 nitrogen and oxygen atoms in total. The van der Waals surface area contributed by atoms with Crippen LogP contribution in [0.25, 0.3) is 0 Å². The summed E-state index contributed by atoms with van der Waals surface area (Å²) in [7, 11) is 0. The molecule has 7 aliphatic rings. The van der Waals surface area contributed by atoms with Crippen LogP contribution in [0.2, 0.25) is 0 Å². The van der Waals surface area contributed by atoms with Crippen molar-refractivity contribution in [2.24, 2.45) is 45.3 Å². The van der Waals surface area contributed by atoms with Crippen molar-refractivity contribution in [2.45, 2.75) is 135 Å². The summed E-state index contributed by atoms with van der Waals surface area (Å²) in [5, 5.41) is 21.2. The summed E-state index contributed by atoms with van der Waals surface area (Å²) in [6.07, 6.45) is 12.1. The van der Waals surface area contributed by atoms with Crippen molar-refractivity contribution in [1.29, 1.82) is 0 Å². The number of rotatable bonds is 3. The van der Waals surface area contributed by atoms with Crippen molar-refractivity contribution in [1.82, 2.24) is 4.90 Å². The van der Waals surface area contributed by atoms with Gasteiger partial charge in [-0.25, -0.2) is 4.79 Å². The van der Waals surface area contributed by atoms with E-state index in [4.69, 9.17) is 9.47 Å². The predicted molar refractivity (Wildman–Crippen MR) is 146 cm³/mol. The Labute approximate surface area is 230 Å². The van der Waals surface area contributed by atoms with Gasteiger partial charge in [0, 0.05) is 19.9 Å². The third-order valence-corrected chi connectivity index (χ3v) is 14.0. The first-order valence-electron chi connectivity index (χ1n) is 15.8. The molecule has 2 N–H and O–H groups in total. The molecule has 2 aliphatic heterocycles. The Kier molecular flexibility index (Phi) is 5.57. The molecular weight excluding hydrogens is 478 g/mol. The van der Waals surface area contributed by atoms with E-state index in [0.717, 1.165) is 51.1 Å². The van der Waals surface area contributed by atoms with Crippen molar-refractivity contribution in [3.05, 3.63) is 0 Å². The topological polar surface area (TPSA) is 79.2 Å². The summed E-state index contributed by atoms with van der Waals surface area (Å²) in [6.45, 7) is 12.5. The van der Waals surface area contributed by atoms with Gasteiger partial charge in [-0.15, -0.1) is 0 Å². The maximum atomic E-state index is 12.7. The van der Waals surface area contributed by atoms with E-state index in [9.17, 15) is 15.0 Å². The van der Waals surface area contributed by atoms with E-state index in [1.807, 2.05) is 4.90 Å². The molecule has 0 aromatic carbocycles. The molecule has 0 radical (unpaired) electrons. The monoisotopic (exact) mass is 531 g/mol. The van der Waals surface area contributed by atoms with Crippen LogP contribution in [0.3, 0.4) is 0 Å². The number of aliphatic hydroxyl groups is 2. The lowest BCUT2D eigenvalue weighted by atomic mass is 9.46. The highest BCUT2D eigenvalue weighted by atomic mass is 16.6. The Morgan fingerprint density at radius 2 is 1.74 bits per heavy atom. The first-order chi connectivity index (χ1) is 17.8. The minimum atomic E-state index is -1.13. The first-order valence-corrected chi connectivity index (χ1v) is 15.8. The summed E-state index contributed by atoms with van der Waals surface area (Å²) >= 11 is 0. The molecule has 0 aromatic heterocycles. The van der Waals surface area contributed by atoms with Gasteiger partial charge >= 0.3 is 6.09 Å². The molecule has 0 bridgehead atoms. The van der Waals surface area contributed by atoms with Gasteiger partial charge in [-0.05, 0) is 124 Å². The molecular formula is C32H53NO5. The van der Waals surface area contributed by atoms with E-state index < -0.39 is 11.7 Å². The quantitative estimate of drug-likeness (QED) is 0.483. The van der Waals surface area contributed by atoms with Crippen LogP contribution in [-0.2, 0) is 9.47 Å². The second-order valence-corrected chi connectivity index (χ2v) is 16.1. The standard InChI is InChI=1S/C32H51NO5.H2/c1-28(2)24-10-8-19-21-17-23-20(7-9-22(37-23)26(34)29(3,4)36)30(21,5)13-14-31(19)18-32(24,31)12-11-25(28)38-27(35)33-15-6-16-33;/h19-26,34,36H,6-18H2,1-5H3;1H/t19?,20?,21?,22?,23?,24?,25-,26-,30+,31-,32?;/m0./s1. The molecule has 2 saturated heterocycles. The van der Waals surface area contributed by atoms with Crippen LogP contribution in [0.4, 0.5) is 4.79 Å². The summed E-state index contributed by atoms with van der Waals surface area (Å²) < 4.78 is 12.8. The number of fused-ring (bicyclic) bond motifs is 4. The van der Waals surface area contributed by atoms with Crippen molar-refractivity contribution >= 4 is 6.09 Å². The molecule has 11 atom stereocenters. The van der Waals surface area contributed by atoms with Crippen LogP contribution in [0.1, 0.15) is 107 Å². The zero-order valence-corrected chi connectivity index (χ0v) is 24.4. The summed E-state index contributed by atoms with van der Waals surface area (Å²) in [5.41, 5.74) is 0.144. The van der Waals surface area contributed by atoms with Crippen molar-refractivity contribution < 1.29 is 25.9 Å². The molecule has 0 aromatic rings. The number of carbonyl (C=O) groups is 1. The minimum Gasteiger partial charge on any atom is -0.446 e. The van der Waals surface area contributed by atoms with Crippen LogP contribution in [0, 0.1) is 45.3 Å². The van der Waals surface area contributed by atoms with Gasteiger partial charge in [0.15, 0.2) is 0 Å². The van der Waals surface area contributed by atoms with Crippen molar-refractivity contribution in [3.63, 3.8) is 0 Å². The number of likely N-dealkylation sites (tertiary alicyclic amines) is 1. The van der Waals surface area contributed by atoms with Crippen molar-refractivity contribution in [3.8, 4) is 0 Å². The van der Waals surface area contributed by atoms with E-state index >= 15 is 0 Å². The van der Waals surface area contributed by atoms with E-state index in [1.165, 1.54) is 38.5 Å². The number of carbonyl (C=O) groups excluding carboxylic acids is 1. The molecule has 5 aliphatic carbocycles. The van der Waals surface area contributed by atoms with Gasteiger partial charge in [0.2, 0.25) is 0 Å². The fourth-order valence-corrected chi connectivity index (χ4v) is 11.8. The van der Waals surface area contributed by atoms with E-state index in [2.05, 4.69) is 20.8 Å². The maximum absolute atomic E-state index is 12.7. The van der Waals surface area contributed by atoms with E-state index in [0.29, 0.717) is 34.0 Å². The fraction of sp³-hybridized carbons (Fsp3) is 0.969. The van der Waals surface area contributed by atoms with Crippen LogP contribution in [-0.4, -0.2) is 64.3 Å². The van der Waals surface area contributed by atoms with Crippen LogP contribution < -0.4 is 0 Å². The lowest BCUT2D eigenvalue weighted by molar-refractivity contribution is -0.177. The number of aliphatic hydroxyl groups excluding tert-OH is 1. The largest absolute Gasteiger partial charge is 0.446 e. The van der Waals surface area contributed by atoms with Crippen molar-refractivity contribution in [2.75, 3.05) is 13.1 Å². The Hall–Kier alpha value is -0.850. The van der Waals surface area contributed by atoms with Gasteiger partial charge in [0.1, 0.15) is 12.2 Å². The second kappa shape index (κ2) is 8.12. The van der Waals surface area contributed by atoms with Crippen LogP contribution in [0.5, 0.6) is 0 Å². The maximum Gasteiger partial charge on any atom is 0.410 e. The lowest BCUT2D eigenvalue weighted by Gasteiger charge is -2.59. The van der Waals surface area contributed by atoms with Crippen LogP contribution >= 0.6 is 0 Å². The lowest BCUT2D eigenvalue weighted by Crippen LogP contribution is -2.56. The fourth-order valence-electron chi connectivity index (χ4n) is 11.8. The van der Waals surface area contributed by atoms with Gasteiger partial charge < -0.3 is 24.6 Å². The predicted octanol–water partition coefficient (Wildman–Crippen LogP) is 5.78. The molecule has 7 fully saturated rings.